The number of ether oxygens (including phenoxy) is 1. The summed E-state index contributed by atoms with van der Waals surface area (Å²) in [5.74, 6) is -0.120. The number of thiophene rings is 1. The van der Waals surface area contributed by atoms with Crippen LogP contribution in [-0.2, 0) is 9.53 Å². The van der Waals surface area contributed by atoms with Gasteiger partial charge >= 0.3 is 0 Å². The zero-order chi connectivity index (χ0) is 14.8. The average molecular weight is 309 g/mol. The molecule has 2 amide bonds. The molecule has 0 aromatic carbocycles. The van der Waals surface area contributed by atoms with Crippen molar-refractivity contribution in [2.45, 2.75) is 6.04 Å². The Morgan fingerprint density at radius 3 is 2.48 bits per heavy atom. The van der Waals surface area contributed by atoms with Gasteiger partial charge in [0.2, 0.25) is 5.91 Å². The van der Waals surface area contributed by atoms with Crippen LogP contribution in [0.2, 0.25) is 0 Å². The Kier molecular flexibility index (Phi) is 4.23. The van der Waals surface area contributed by atoms with Gasteiger partial charge in [0.05, 0.1) is 24.0 Å². The highest BCUT2D eigenvalue weighted by molar-refractivity contribution is 7.12. The van der Waals surface area contributed by atoms with E-state index >= 15 is 0 Å². The van der Waals surface area contributed by atoms with Crippen LogP contribution in [-0.4, -0.2) is 67.0 Å². The molecule has 114 valence electrons. The van der Waals surface area contributed by atoms with Crippen LogP contribution in [0.15, 0.2) is 17.5 Å². The molecule has 3 rings (SSSR count). The molecule has 3 heterocycles. The number of hydrogen-bond acceptors (Lipinski definition) is 5. The van der Waals surface area contributed by atoms with Crippen LogP contribution >= 0.6 is 11.3 Å². The van der Waals surface area contributed by atoms with Gasteiger partial charge in [-0.15, -0.1) is 11.3 Å². The fourth-order valence-corrected chi connectivity index (χ4v) is 3.44. The molecule has 0 radical (unpaired) electrons. The Morgan fingerprint density at radius 2 is 1.90 bits per heavy atom. The maximum absolute atomic E-state index is 12.4. The number of amides is 2. The van der Waals surface area contributed by atoms with Gasteiger partial charge in [-0.05, 0) is 11.4 Å². The van der Waals surface area contributed by atoms with Gasteiger partial charge in [0, 0.05) is 32.2 Å². The summed E-state index contributed by atoms with van der Waals surface area (Å²) in [5, 5.41) is 1.90. The molecule has 2 aliphatic rings. The Bertz CT molecular complexity index is 512. The lowest BCUT2D eigenvalue weighted by atomic mass is 10.0. The minimum atomic E-state index is -0.232. The third-order valence-corrected chi connectivity index (χ3v) is 4.91. The summed E-state index contributed by atoms with van der Waals surface area (Å²) in [4.78, 5) is 29.0. The van der Waals surface area contributed by atoms with Crippen molar-refractivity contribution in [2.24, 2.45) is 11.7 Å². The third-order valence-electron chi connectivity index (χ3n) is 4.05. The van der Waals surface area contributed by atoms with E-state index in [9.17, 15) is 9.59 Å². The first kappa shape index (κ1) is 14.5. The lowest BCUT2D eigenvalue weighted by Crippen LogP contribution is -2.53. The van der Waals surface area contributed by atoms with Crippen molar-refractivity contribution >= 4 is 23.2 Å². The molecule has 1 aromatic rings. The summed E-state index contributed by atoms with van der Waals surface area (Å²) in [6.07, 6.45) is 0. The van der Waals surface area contributed by atoms with Gasteiger partial charge < -0.3 is 20.3 Å². The predicted octanol–water partition coefficient (Wildman–Crippen LogP) is 0.00620. The minimum absolute atomic E-state index is 0.0537. The number of carbonyl (C=O) groups is 2. The van der Waals surface area contributed by atoms with Crippen LogP contribution in [0.3, 0.4) is 0 Å². The first-order chi connectivity index (χ1) is 10.2. The van der Waals surface area contributed by atoms with E-state index in [1.807, 2.05) is 17.5 Å². The van der Waals surface area contributed by atoms with Crippen LogP contribution in [0.5, 0.6) is 0 Å². The molecule has 2 unspecified atom stereocenters. The van der Waals surface area contributed by atoms with Crippen molar-refractivity contribution in [3.8, 4) is 0 Å². The number of hydrogen-bond donors (Lipinski definition) is 1. The molecule has 0 spiro atoms. The molecule has 2 N–H and O–H groups in total. The Hall–Kier alpha value is -1.44. The molecule has 0 bridgehead atoms. The van der Waals surface area contributed by atoms with Crippen molar-refractivity contribution in [2.75, 3.05) is 39.4 Å². The number of piperazine rings is 1. The summed E-state index contributed by atoms with van der Waals surface area (Å²) in [6.45, 7) is 3.15. The zero-order valence-electron chi connectivity index (χ0n) is 11.7. The van der Waals surface area contributed by atoms with Gasteiger partial charge in [-0.25, -0.2) is 0 Å². The van der Waals surface area contributed by atoms with Gasteiger partial charge in [-0.3, -0.25) is 9.59 Å². The van der Waals surface area contributed by atoms with Crippen LogP contribution < -0.4 is 5.73 Å². The molecule has 7 heteroatoms. The van der Waals surface area contributed by atoms with E-state index in [4.69, 9.17) is 10.5 Å². The lowest BCUT2D eigenvalue weighted by Gasteiger charge is -2.36. The van der Waals surface area contributed by atoms with E-state index in [1.54, 1.807) is 9.80 Å². The maximum atomic E-state index is 12.4. The summed E-state index contributed by atoms with van der Waals surface area (Å²) < 4.78 is 5.25. The normalized spacial score (nSPS) is 26.1. The Morgan fingerprint density at radius 1 is 1.19 bits per heavy atom. The SMILES string of the molecule is NC1COCC1C(=O)N1CCN(C(=O)c2cccs2)CC1. The van der Waals surface area contributed by atoms with Crippen molar-refractivity contribution in [1.82, 2.24) is 9.80 Å². The van der Waals surface area contributed by atoms with Crippen molar-refractivity contribution in [1.29, 1.82) is 0 Å². The smallest absolute Gasteiger partial charge is 0.264 e. The maximum Gasteiger partial charge on any atom is 0.264 e. The van der Waals surface area contributed by atoms with E-state index < -0.39 is 0 Å². The second kappa shape index (κ2) is 6.13. The first-order valence-electron chi connectivity index (χ1n) is 7.11. The summed E-state index contributed by atoms with van der Waals surface area (Å²) in [6, 6.07) is 3.50. The minimum Gasteiger partial charge on any atom is -0.379 e. The molecular formula is C14H19N3O3S. The molecule has 2 fully saturated rings. The number of nitrogens with two attached hydrogens (primary N) is 1. The van der Waals surface area contributed by atoms with Crippen LogP contribution in [0, 0.1) is 5.92 Å². The Balaban J connectivity index is 1.55. The molecule has 6 nitrogen and oxygen atoms in total. The molecular weight excluding hydrogens is 290 g/mol. The van der Waals surface area contributed by atoms with Crippen molar-refractivity contribution in [3.63, 3.8) is 0 Å². The fraction of sp³-hybridized carbons (Fsp3) is 0.571. The van der Waals surface area contributed by atoms with Gasteiger partial charge in [0.15, 0.2) is 0 Å². The zero-order valence-corrected chi connectivity index (χ0v) is 12.6. The summed E-state index contributed by atoms with van der Waals surface area (Å²) >= 11 is 1.45. The van der Waals surface area contributed by atoms with Crippen molar-refractivity contribution in [3.05, 3.63) is 22.4 Å². The highest BCUT2D eigenvalue weighted by Crippen LogP contribution is 2.18. The highest BCUT2D eigenvalue weighted by atomic mass is 32.1. The predicted molar refractivity (Wildman–Crippen MR) is 79.1 cm³/mol. The summed E-state index contributed by atoms with van der Waals surface area (Å²) in [5.41, 5.74) is 5.89. The number of nitrogens with zero attached hydrogens (tertiary/aromatic N) is 2. The molecule has 21 heavy (non-hydrogen) atoms. The number of rotatable bonds is 2. The second-order valence-corrected chi connectivity index (χ2v) is 6.35. The van der Waals surface area contributed by atoms with Crippen LogP contribution in [0.4, 0.5) is 0 Å². The molecule has 1 aromatic heterocycles. The van der Waals surface area contributed by atoms with E-state index in [1.165, 1.54) is 11.3 Å². The largest absolute Gasteiger partial charge is 0.379 e. The number of carbonyl (C=O) groups excluding carboxylic acids is 2. The van der Waals surface area contributed by atoms with Gasteiger partial charge in [-0.1, -0.05) is 6.07 Å². The van der Waals surface area contributed by atoms with E-state index in [0.29, 0.717) is 39.4 Å². The quantitative estimate of drug-likeness (QED) is 0.835. The van der Waals surface area contributed by atoms with Crippen LogP contribution in [0.25, 0.3) is 0 Å². The van der Waals surface area contributed by atoms with E-state index in [-0.39, 0.29) is 23.8 Å². The fourth-order valence-electron chi connectivity index (χ4n) is 2.75. The average Bonchev–Trinajstić information content (AvgIpc) is 3.17. The lowest BCUT2D eigenvalue weighted by molar-refractivity contribution is -0.137. The molecule has 2 atom stereocenters. The highest BCUT2D eigenvalue weighted by Gasteiger charge is 2.36. The Labute approximate surface area is 127 Å². The van der Waals surface area contributed by atoms with Crippen molar-refractivity contribution < 1.29 is 14.3 Å². The first-order valence-corrected chi connectivity index (χ1v) is 7.99. The molecule has 0 aliphatic carbocycles. The summed E-state index contributed by atoms with van der Waals surface area (Å²) in [7, 11) is 0. The molecule has 2 saturated heterocycles. The van der Waals surface area contributed by atoms with E-state index in [0.717, 1.165) is 4.88 Å². The monoisotopic (exact) mass is 309 g/mol. The van der Waals surface area contributed by atoms with Gasteiger partial charge in [-0.2, -0.15) is 0 Å². The second-order valence-electron chi connectivity index (χ2n) is 5.40. The van der Waals surface area contributed by atoms with Crippen LogP contribution in [0.1, 0.15) is 9.67 Å². The van der Waals surface area contributed by atoms with Gasteiger partial charge in [0.25, 0.3) is 5.91 Å². The topological polar surface area (TPSA) is 75.9 Å². The molecule has 0 saturated carbocycles. The third kappa shape index (κ3) is 2.95. The van der Waals surface area contributed by atoms with E-state index in [2.05, 4.69) is 0 Å². The standard InChI is InChI=1S/C14H19N3O3S/c15-11-9-20-8-10(11)13(18)16-3-5-17(6-4-16)14(19)12-2-1-7-21-12/h1-2,7,10-11H,3-6,8-9,15H2. The molecule has 2 aliphatic heterocycles. The van der Waals surface area contributed by atoms with Gasteiger partial charge in [0.1, 0.15) is 0 Å².